The van der Waals surface area contributed by atoms with Crippen molar-refractivity contribution in [2.45, 2.75) is 57.2 Å². The van der Waals surface area contributed by atoms with Gasteiger partial charge in [-0.1, -0.05) is 48.5 Å². The van der Waals surface area contributed by atoms with Crippen LogP contribution in [0.4, 0.5) is 0 Å². The first kappa shape index (κ1) is 18.4. The lowest BCUT2D eigenvalue weighted by molar-refractivity contribution is -0.186. The highest BCUT2D eigenvalue weighted by Crippen LogP contribution is 2.79. The summed E-state index contributed by atoms with van der Waals surface area (Å²) in [4.78, 5) is 26.4. The minimum atomic E-state index is -0.520. The highest BCUT2D eigenvalue weighted by Gasteiger charge is 2.79. The van der Waals surface area contributed by atoms with E-state index < -0.39 is 17.3 Å². The number of hydrogen-bond acceptors (Lipinski definition) is 4. The molecule has 0 N–H and O–H groups in total. The molecular formula is C25H26O4. The highest BCUT2D eigenvalue weighted by molar-refractivity contribution is 5.92. The molecule has 1 saturated carbocycles. The Hall–Kier alpha value is -2.62. The summed E-state index contributed by atoms with van der Waals surface area (Å²) < 4.78 is 11.3. The molecule has 5 atom stereocenters. The molecule has 5 rings (SSSR count). The molecule has 0 radical (unpaired) electrons. The van der Waals surface area contributed by atoms with Gasteiger partial charge in [-0.05, 0) is 49.9 Å². The van der Waals surface area contributed by atoms with Gasteiger partial charge in [-0.25, -0.2) is 0 Å². The van der Waals surface area contributed by atoms with Crippen molar-refractivity contribution in [2.75, 3.05) is 0 Å². The van der Waals surface area contributed by atoms with Crippen LogP contribution in [-0.2, 0) is 24.5 Å². The maximum atomic E-state index is 13.3. The summed E-state index contributed by atoms with van der Waals surface area (Å²) in [5, 5.41) is 0. The second kappa shape index (κ2) is 6.19. The molecule has 0 bridgehead atoms. The predicted octanol–water partition coefficient (Wildman–Crippen LogP) is 4.32. The Bertz CT molecular complexity index is 1000. The van der Waals surface area contributed by atoms with Crippen LogP contribution in [0.2, 0.25) is 0 Å². The first-order chi connectivity index (χ1) is 13.9. The Labute approximate surface area is 171 Å². The first-order valence-electron chi connectivity index (χ1n) is 10.5. The van der Waals surface area contributed by atoms with Gasteiger partial charge in [-0.2, -0.15) is 0 Å². The van der Waals surface area contributed by atoms with Crippen LogP contribution in [0.1, 0.15) is 61.8 Å². The summed E-state index contributed by atoms with van der Waals surface area (Å²) in [6.45, 7) is 7.39. The molecular weight excluding hydrogens is 364 g/mol. The summed E-state index contributed by atoms with van der Waals surface area (Å²) >= 11 is 0. The largest absolute Gasteiger partial charge is 0.463 e. The summed E-state index contributed by atoms with van der Waals surface area (Å²) in [6.07, 6.45) is -0.445. The number of carbonyl (C=O) groups excluding carboxylic acids is 2. The van der Waals surface area contributed by atoms with Gasteiger partial charge in [0.2, 0.25) is 0 Å². The van der Waals surface area contributed by atoms with Crippen molar-refractivity contribution in [3.05, 3.63) is 70.8 Å². The third-order valence-electron chi connectivity index (χ3n) is 6.84. The minimum absolute atomic E-state index is 0.0467. The smallest absolute Gasteiger partial charge is 0.311 e. The van der Waals surface area contributed by atoms with E-state index in [1.54, 1.807) is 0 Å². The Morgan fingerprint density at radius 2 is 1.34 bits per heavy atom. The van der Waals surface area contributed by atoms with Crippen molar-refractivity contribution >= 4 is 11.9 Å². The van der Waals surface area contributed by atoms with Crippen LogP contribution in [0.3, 0.4) is 0 Å². The Morgan fingerprint density at radius 1 is 0.793 bits per heavy atom. The van der Waals surface area contributed by atoms with Gasteiger partial charge < -0.3 is 9.47 Å². The number of fused-ring (bicyclic) bond motifs is 5. The zero-order chi connectivity index (χ0) is 20.5. The molecule has 4 nitrogen and oxygen atoms in total. The maximum Gasteiger partial charge on any atom is 0.311 e. The third-order valence-corrected chi connectivity index (χ3v) is 6.84. The molecule has 3 aliphatic carbocycles. The van der Waals surface area contributed by atoms with E-state index in [1.165, 1.54) is 22.3 Å². The van der Waals surface area contributed by atoms with Gasteiger partial charge in [0.05, 0.1) is 24.0 Å². The second-order valence-electron chi connectivity index (χ2n) is 9.03. The zero-order valence-electron chi connectivity index (χ0n) is 17.2. The van der Waals surface area contributed by atoms with E-state index in [2.05, 4.69) is 24.3 Å². The van der Waals surface area contributed by atoms with Crippen LogP contribution in [-0.4, -0.2) is 24.1 Å². The standard InChI is InChI=1S/C25H26O4/c1-13(2)28-23(26)19-21-16-10-6-5-9-15(16)20-17-11-7-8-12-18(17)25(20,21)22(19)24(27)29-14(3)4/h5-14,19-22H,1-4H3/t19-,20-,21+,22-,25-/m0/s1. The molecule has 2 aromatic carbocycles. The summed E-state index contributed by atoms with van der Waals surface area (Å²) in [7, 11) is 0. The lowest BCUT2D eigenvalue weighted by Crippen LogP contribution is -2.68. The lowest BCUT2D eigenvalue weighted by Gasteiger charge is -2.64. The minimum Gasteiger partial charge on any atom is -0.463 e. The lowest BCUT2D eigenvalue weighted by atomic mass is 9.36. The fraction of sp³-hybridized carbons (Fsp3) is 0.440. The molecule has 0 unspecified atom stereocenters. The monoisotopic (exact) mass is 390 g/mol. The molecule has 4 heteroatoms. The molecule has 0 heterocycles. The van der Waals surface area contributed by atoms with E-state index in [0.29, 0.717) is 0 Å². The molecule has 0 aromatic heterocycles. The quantitative estimate of drug-likeness (QED) is 0.730. The number of carbonyl (C=O) groups is 2. The van der Waals surface area contributed by atoms with Gasteiger partial charge >= 0.3 is 11.9 Å². The van der Waals surface area contributed by atoms with E-state index in [-0.39, 0.29) is 36.0 Å². The molecule has 0 aliphatic heterocycles. The highest BCUT2D eigenvalue weighted by atomic mass is 16.6. The van der Waals surface area contributed by atoms with E-state index >= 15 is 0 Å². The van der Waals surface area contributed by atoms with Crippen molar-refractivity contribution in [3.63, 3.8) is 0 Å². The van der Waals surface area contributed by atoms with Crippen molar-refractivity contribution in [2.24, 2.45) is 11.8 Å². The molecule has 0 amide bonds. The van der Waals surface area contributed by atoms with Crippen molar-refractivity contribution in [1.82, 2.24) is 0 Å². The van der Waals surface area contributed by atoms with Crippen LogP contribution in [0, 0.1) is 11.8 Å². The number of rotatable bonds is 4. The van der Waals surface area contributed by atoms with Crippen molar-refractivity contribution in [1.29, 1.82) is 0 Å². The maximum absolute atomic E-state index is 13.3. The molecule has 1 spiro atoms. The average Bonchev–Trinajstić information content (AvgIpc) is 2.81. The van der Waals surface area contributed by atoms with Gasteiger partial charge in [0.1, 0.15) is 0 Å². The molecule has 3 aliphatic rings. The van der Waals surface area contributed by atoms with Crippen LogP contribution in [0.15, 0.2) is 48.5 Å². The number of ether oxygens (including phenoxy) is 2. The molecule has 150 valence electrons. The summed E-state index contributed by atoms with van der Waals surface area (Å²) in [5.74, 6) is -1.52. The predicted molar refractivity (Wildman–Crippen MR) is 109 cm³/mol. The normalized spacial score (nSPS) is 30.4. The average molecular weight is 390 g/mol. The fourth-order valence-corrected chi connectivity index (χ4v) is 6.20. The molecule has 29 heavy (non-hydrogen) atoms. The van der Waals surface area contributed by atoms with Gasteiger partial charge in [0.15, 0.2) is 0 Å². The van der Waals surface area contributed by atoms with Crippen molar-refractivity contribution in [3.8, 4) is 0 Å². The van der Waals surface area contributed by atoms with Crippen molar-refractivity contribution < 1.29 is 19.1 Å². The fourth-order valence-electron chi connectivity index (χ4n) is 6.20. The summed E-state index contributed by atoms with van der Waals surface area (Å²) in [6, 6.07) is 16.7. The SMILES string of the molecule is CC(C)OC(=O)[C@@H]1[C@@H](C(=O)OC(C)C)[C@@]23c4ccccc4[C@@H]2c2ccccc2[C@H]13. The van der Waals surface area contributed by atoms with Gasteiger partial charge in [0, 0.05) is 17.3 Å². The molecule has 0 saturated heterocycles. The first-order valence-corrected chi connectivity index (χ1v) is 10.5. The van der Waals surface area contributed by atoms with Gasteiger partial charge in [-0.3, -0.25) is 9.59 Å². The number of hydrogen-bond donors (Lipinski definition) is 0. The summed E-state index contributed by atoms with van der Waals surface area (Å²) in [5.41, 5.74) is 4.46. The molecule has 2 aromatic rings. The zero-order valence-corrected chi connectivity index (χ0v) is 17.2. The Balaban J connectivity index is 1.68. The van der Waals surface area contributed by atoms with E-state index in [9.17, 15) is 9.59 Å². The second-order valence-corrected chi connectivity index (χ2v) is 9.03. The number of esters is 2. The number of benzene rings is 2. The van der Waals surface area contributed by atoms with E-state index in [0.717, 1.165) is 0 Å². The Morgan fingerprint density at radius 3 is 2.00 bits per heavy atom. The van der Waals surface area contributed by atoms with Crippen LogP contribution < -0.4 is 0 Å². The molecule has 1 fully saturated rings. The van der Waals surface area contributed by atoms with Crippen LogP contribution in [0.5, 0.6) is 0 Å². The van der Waals surface area contributed by atoms with E-state index in [4.69, 9.17) is 9.47 Å². The Kier molecular flexibility index (Phi) is 3.93. The third kappa shape index (κ3) is 2.20. The van der Waals surface area contributed by atoms with Gasteiger partial charge in [-0.15, -0.1) is 0 Å². The van der Waals surface area contributed by atoms with E-state index in [1.807, 2.05) is 52.0 Å². The van der Waals surface area contributed by atoms with Crippen LogP contribution in [0.25, 0.3) is 0 Å². The van der Waals surface area contributed by atoms with Gasteiger partial charge in [0.25, 0.3) is 0 Å². The topological polar surface area (TPSA) is 52.6 Å². The van der Waals surface area contributed by atoms with Crippen LogP contribution >= 0.6 is 0 Å².